The van der Waals surface area contributed by atoms with Crippen molar-refractivity contribution in [2.24, 2.45) is 0 Å². The Bertz CT molecular complexity index is 464. The fourth-order valence-electron chi connectivity index (χ4n) is 2.23. The molecule has 1 amide bonds. The number of hydrogen-bond acceptors (Lipinski definition) is 5. The molecule has 1 saturated heterocycles. The van der Waals surface area contributed by atoms with E-state index < -0.39 is 34.5 Å². The van der Waals surface area contributed by atoms with Crippen LogP contribution in [0, 0.1) is 0 Å². The molecule has 1 unspecified atom stereocenters. The van der Waals surface area contributed by atoms with Crippen molar-refractivity contribution in [3.8, 4) is 0 Å². The first kappa shape index (κ1) is 16.9. The van der Waals surface area contributed by atoms with E-state index in [0.29, 0.717) is 19.4 Å². The maximum Gasteiger partial charge on any atom is 0.323 e. The van der Waals surface area contributed by atoms with Gasteiger partial charge in [0.1, 0.15) is 12.6 Å². The molecule has 0 spiro atoms. The normalized spacial score (nSPS) is 20.0. The third-order valence-corrected chi connectivity index (χ3v) is 4.41. The lowest BCUT2D eigenvalue weighted by Gasteiger charge is -2.28. The number of nitrogens with zero attached hydrogens (tertiary/aromatic N) is 2. The fourth-order valence-corrected chi connectivity index (χ4v) is 3.35. The van der Waals surface area contributed by atoms with Gasteiger partial charge in [-0.3, -0.25) is 9.59 Å². The first-order valence-electron chi connectivity index (χ1n) is 6.23. The molecule has 0 bridgehead atoms. The highest BCUT2D eigenvalue weighted by atomic mass is 32.2. The lowest BCUT2D eigenvalue weighted by Crippen LogP contribution is -2.49. The van der Waals surface area contributed by atoms with Crippen LogP contribution < -0.4 is 0 Å². The molecule has 1 fully saturated rings. The molecule has 1 atom stereocenters. The smallest absolute Gasteiger partial charge is 0.323 e. The van der Waals surface area contributed by atoms with Crippen molar-refractivity contribution in [3.63, 3.8) is 0 Å². The third kappa shape index (κ3) is 4.43. The lowest BCUT2D eigenvalue weighted by molar-refractivity contribution is -0.146. The van der Waals surface area contributed by atoms with Gasteiger partial charge in [0.05, 0.1) is 12.9 Å². The Morgan fingerprint density at radius 1 is 1.45 bits per heavy atom. The van der Waals surface area contributed by atoms with Crippen LogP contribution in [-0.2, 0) is 24.3 Å². The number of sulfonamides is 1. The molecule has 0 aromatic rings. The number of hydrogen-bond donors (Lipinski definition) is 1. The molecular weight excluding hydrogens is 288 g/mol. The van der Waals surface area contributed by atoms with Gasteiger partial charge in [0.25, 0.3) is 0 Å². The maximum atomic E-state index is 12.3. The zero-order valence-electron chi connectivity index (χ0n) is 11.6. The maximum absolute atomic E-state index is 12.3. The van der Waals surface area contributed by atoms with Crippen LogP contribution >= 0.6 is 0 Å². The quantitative estimate of drug-likeness (QED) is 0.645. The monoisotopic (exact) mass is 308 g/mol. The molecule has 116 valence electrons. The van der Waals surface area contributed by atoms with Gasteiger partial charge in [-0.15, -0.1) is 0 Å². The zero-order valence-corrected chi connectivity index (χ0v) is 12.4. The van der Waals surface area contributed by atoms with Crippen LogP contribution in [0.5, 0.6) is 0 Å². The van der Waals surface area contributed by atoms with Crippen LogP contribution in [0.15, 0.2) is 0 Å². The number of aliphatic carboxylic acids is 1. The average Bonchev–Trinajstić information content (AvgIpc) is 2.82. The number of carbonyl (C=O) groups is 2. The van der Waals surface area contributed by atoms with Gasteiger partial charge in [-0.05, 0) is 12.8 Å². The van der Waals surface area contributed by atoms with Crippen LogP contribution in [0.2, 0.25) is 0 Å². The number of carboxylic acids is 1. The van der Waals surface area contributed by atoms with Crippen molar-refractivity contribution < 1.29 is 27.9 Å². The Labute approximate surface area is 118 Å². The highest BCUT2D eigenvalue weighted by Gasteiger charge is 2.38. The summed E-state index contributed by atoms with van der Waals surface area (Å²) in [7, 11) is -2.03. The Morgan fingerprint density at radius 2 is 2.10 bits per heavy atom. The SMILES string of the molecule is COCCN(CC(=O)O)C(=O)C1CCCN1S(C)(=O)=O. The van der Waals surface area contributed by atoms with E-state index >= 15 is 0 Å². The molecule has 8 nitrogen and oxygen atoms in total. The number of ether oxygens (including phenoxy) is 1. The van der Waals surface area contributed by atoms with Crippen molar-refractivity contribution >= 4 is 21.9 Å². The number of amides is 1. The molecule has 20 heavy (non-hydrogen) atoms. The van der Waals surface area contributed by atoms with Crippen molar-refractivity contribution in [1.29, 1.82) is 0 Å². The molecule has 1 aliphatic rings. The molecule has 0 aliphatic carbocycles. The fraction of sp³-hybridized carbons (Fsp3) is 0.818. The van der Waals surface area contributed by atoms with Gasteiger partial charge in [0.15, 0.2) is 0 Å². The summed E-state index contributed by atoms with van der Waals surface area (Å²) in [5.74, 6) is -1.62. The summed E-state index contributed by atoms with van der Waals surface area (Å²) in [6.45, 7) is 0.150. The summed E-state index contributed by atoms with van der Waals surface area (Å²) in [6, 6.07) is -0.804. The number of carboxylic acid groups (broad SMARTS) is 1. The van der Waals surface area contributed by atoms with Crippen molar-refractivity contribution in [1.82, 2.24) is 9.21 Å². The van der Waals surface area contributed by atoms with Crippen LogP contribution in [0.25, 0.3) is 0 Å². The average molecular weight is 308 g/mol. The van der Waals surface area contributed by atoms with Gasteiger partial charge >= 0.3 is 5.97 Å². The Hall–Kier alpha value is -1.19. The highest BCUT2D eigenvalue weighted by Crippen LogP contribution is 2.22. The van der Waals surface area contributed by atoms with Gasteiger partial charge in [-0.25, -0.2) is 8.42 Å². The van der Waals surface area contributed by atoms with Gasteiger partial charge in [0, 0.05) is 20.2 Å². The van der Waals surface area contributed by atoms with E-state index in [1.165, 1.54) is 7.11 Å². The summed E-state index contributed by atoms with van der Waals surface area (Å²) in [4.78, 5) is 24.3. The largest absolute Gasteiger partial charge is 0.480 e. The Balaban J connectivity index is 2.84. The third-order valence-electron chi connectivity index (χ3n) is 3.12. The topological polar surface area (TPSA) is 104 Å². The minimum absolute atomic E-state index is 0.121. The predicted octanol–water partition coefficient (Wildman–Crippen LogP) is -1.03. The van der Waals surface area contributed by atoms with Gasteiger partial charge in [-0.2, -0.15) is 4.31 Å². The van der Waals surface area contributed by atoms with Gasteiger partial charge < -0.3 is 14.7 Å². The van der Waals surface area contributed by atoms with E-state index in [9.17, 15) is 18.0 Å². The van der Waals surface area contributed by atoms with E-state index in [-0.39, 0.29) is 13.2 Å². The van der Waals surface area contributed by atoms with Crippen LogP contribution in [0.4, 0.5) is 0 Å². The number of methoxy groups -OCH3 is 1. The minimum atomic E-state index is -3.47. The van der Waals surface area contributed by atoms with E-state index in [1.807, 2.05) is 0 Å². The molecule has 1 N–H and O–H groups in total. The van der Waals surface area contributed by atoms with Crippen LogP contribution in [0.1, 0.15) is 12.8 Å². The zero-order chi connectivity index (χ0) is 15.3. The highest BCUT2D eigenvalue weighted by molar-refractivity contribution is 7.88. The minimum Gasteiger partial charge on any atom is -0.480 e. The van der Waals surface area contributed by atoms with Gasteiger partial charge in [-0.1, -0.05) is 0 Å². The number of carbonyl (C=O) groups excluding carboxylic acids is 1. The second-order valence-electron chi connectivity index (χ2n) is 4.68. The first-order valence-corrected chi connectivity index (χ1v) is 8.08. The van der Waals surface area contributed by atoms with Gasteiger partial charge in [0.2, 0.25) is 15.9 Å². The molecule has 0 radical (unpaired) electrons. The molecule has 1 rings (SSSR count). The van der Waals surface area contributed by atoms with E-state index in [4.69, 9.17) is 9.84 Å². The summed E-state index contributed by atoms with van der Waals surface area (Å²) in [5, 5.41) is 8.83. The number of rotatable bonds is 7. The van der Waals surface area contributed by atoms with Crippen LogP contribution in [-0.4, -0.2) is 80.3 Å². The summed E-state index contributed by atoms with van der Waals surface area (Å²) < 4.78 is 29.2. The first-order chi connectivity index (χ1) is 9.27. The summed E-state index contributed by atoms with van der Waals surface area (Å²) in [6.07, 6.45) is 2.05. The Kier molecular flexibility index (Phi) is 5.90. The summed E-state index contributed by atoms with van der Waals surface area (Å²) >= 11 is 0. The molecule has 0 saturated carbocycles. The van der Waals surface area contributed by atoms with E-state index in [1.54, 1.807) is 0 Å². The van der Waals surface area contributed by atoms with Crippen LogP contribution in [0.3, 0.4) is 0 Å². The second-order valence-corrected chi connectivity index (χ2v) is 6.61. The Morgan fingerprint density at radius 3 is 2.60 bits per heavy atom. The molecule has 9 heteroatoms. The molecule has 0 aromatic heterocycles. The second kappa shape index (κ2) is 7.00. The van der Waals surface area contributed by atoms with E-state index in [2.05, 4.69) is 0 Å². The van der Waals surface area contributed by atoms with Crippen molar-refractivity contribution in [2.75, 3.05) is 39.6 Å². The lowest BCUT2D eigenvalue weighted by atomic mass is 10.2. The van der Waals surface area contributed by atoms with Crippen molar-refractivity contribution in [2.45, 2.75) is 18.9 Å². The predicted molar refractivity (Wildman–Crippen MR) is 70.7 cm³/mol. The molecular formula is C11H20N2O6S. The molecule has 1 aliphatic heterocycles. The molecule has 1 heterocycles. The van der Waals surface area contributed by atoms with Crippen molar-refractivity contribution in [3.05, 3.63) is 0 Å². The molecule has 0 aromatic carbocycles. The van der Waals surface area contributed by atoms with E-state index in [0.717, 1.165) is 15.5 Å². The summed E-state index contributed by atoms with van der Waals surface area (Å²) in [5.41, 5.74) is 0. The standard InChI is InChI=1S/C11H20N2O6S/c1-19-7-6-12(8-10(14)15)11(16)9-4-3-5-13(9)20(2,17)18/h9H,3-8H2,1-2H3,(H,14,15).